The van der Waals surface area contributed by atoms with Crippen molar-refractivity contribution in [2.75, 3.05) is 7.11 Å². The van der Waals surface area contributed by atoms with E-state index in [1.807, 2.05) is 30.3 Å². The highest BCUT2D eigenvalue weighted by Gasteiger charge is 2.29. The van der Waals surface area contributed by atoms with E-state index in [1.54, 1.807) is 12.1 Å². The number of carboxylic acids is 1. The highest BCUT2D eigenvalue weighted by molar-refractivity contribution is 6.32. The monoisotopic (exact) mass is 428 g/mol. The molecule has 2 N–H and O–H groups in total. The first-order chi connectivity index (χ1) is 14.2. The van der Waals surface area contributed by atoms with Crippen molar-refractivity contribution in [1.82, 2.24) is 10.3 Å². The van der Waals surface area contributed by atoms with Crippen LogP contribution >= 0.6 is 11.6 Å². The Morgan fingerprint density at radius 1 is 1.20 bits per heavy atom. The number of ether oxygens (including phenoxy) is 1. The number of halogens is 1. The molecule has 0 saturated heterocycles. The number of oxazole rings is 1. The van der Waals surface area contributed by atoms with Gasteiger partial charge >= 0.3 is 5.97 Å². The predicted molar refractivity (Wildman–Crippen MR) is 112 cm³/mol. The fourth-order valence-electron chi connectivity index (χ4n) is 2.87. The summed E-state index contributed by atoms with van der Waals surface area (Å²) in [4.78, 5) is 27.8. The van der Waals surface area contributed by atoms with Gasteiger partial charge in [0.05, 0.1) is 24.2 Å². The summed E-state index contributed by atoms with van der Waals surface area (Å²) >= 11 is 6.32. The van der Waals surface area contributed by atoms with Crippen LogP contribution in [0, 0.1) is 0 Å². The molecule has 1 amide bonds. The van der Waals surface area contributed by atoms with Gasteiger partial charge < -0.3 is 19.6 Å². The van der Waals surface area contributed by atoms with Gasteiger partial charge in [-0.1, -0.05) is 41.9 Å². The number of aromatic nitrogens is 1. The maximum atomic E-state index is 12.2. The van der Waals surface area contributed by atoms with E-state index in [2.05, 4.69) is 10.3 Å². The first-order valence-corrected chi connectivity index (χ1v) is 9.51. The minimum absolute atomic E-state index is 0.119. The van der Waals surface area contributed by atoms with Crippen LogP contribution < -0.4 is 10.1 Å². The number of hydrogen-bond acceptors (Lipinski definition) is 5. The molecule has 1 heterocycles. The van der Waals surface area contributed by atoms with E-state index >= 15 is 0 Å². The molecule has 8 heteroatoms. The molecule has 0 aliphatic rings. The van der Waals surface area contributed by atoms with Crippen LogP contribution in [0.3, 0.4) is 0 Å². The third-order valence-electron chi connectivity index (χ3n) is 4.49. The summed E-state index contributed by atoms with van der Waals surface area (Å²) in [6.45, 7) is 2.82. The topological polar surface area (TPSA) is 102 Å². The fourth-order valence-corrected chi connectivity index (χ4v) is 3.11. The van der Waals surface area contributed by atoms with Crippen LogP contribution in [0.1, 0.15) is 19.5 Å². The largest absolute Gasteiger partial charge is 0.495 e. The van der Waals surface area contributed by atoms with Gasteiger partial charge in [0.15, 0.2) is 0 Å². The fraction of sp³-hybridized carbons (Fsp3) is 0.227. The quantitative estimate of drug-likeness (QED) is 0.585. The first-order valence-electron chi connectivity index (χ1n) is 9.13. The molecule has 30 heavy (non-hydrogen) atoms. The second kappa shape index (κ2) is 8.59. The Hall–Kier alpha value is -3.32. The summed E-state index contributed by atoms with van der Waals surface area (Å²) in [5.74, 6) is -0.840. The summed E-state index contributed by atoms with van der Waals surface area (Å²) in [5, 5.41) is 12.1. The Labute approximate surface area is 178 Å². The SMILES string of the molecule is COc1cc(-c2nc(CC(=O)NC(C)(C)C(=O)O)co2)c(-c2ccccc2)cc1Cl. The number of carbonyl (C=O) groups excluding carboxylic acids is 1. The summed E-state index contributed by atoms with van der Waals surface area (Å²) < 4.78 is 11.0. The van der Waals surface area contributed by atoms with Crippen LogP contribution in [0.15, 0.2) is 53.1 Å². The Morgan fingerprint density at radius 2 is 1.90 bits per heavy atom. The number of hydrogen-bond donors (Lipinski definition) is 2. The van der Waals surface area contributed by atoms with Crippen molar-refractivity contribution in [2.45, 2.75) is 25.8 Å². The van der Waals surface area contributed by atoms with E-state index in [1.165, 1.54) is 27.2 Å². The van der Waals surface area contributed by atoms with Gasteiger partial charge in [-0.25, -0.2) is 9.78 Å². The Morgan fingerprint density at radius 3 is 2.53 bits per heavy atom. The van der Waals surface area contributed by atoms with Crippen LogP contribution in [0.4, 0.5) is 0 Å². The van der Waals surface area contributed by atoms with E-state index < -0.39 is 17.4 Å². The second-order valence-corrected chi connectivity index (χ2v) is 7.60. The Balaban J connectivity index is 1.93. The molecule has 0 radical (unpaired) electrons. The maximum absolute atomic E-state index is 12.2. The average molecular weight is 429 g/mol. The minimum Gasteiger partial charge on any atom is -0.495 e. The van der Waals surface area contributed by atoms with Crippen LogP contribution in [-0.2, 0) is 16.0 Å². The molecular weight excluding hydrogens is 408 g/mol. The number of carboxylic acid groups (broad SMARTS) is 1. The molecule has 3 aromatic rings. The highest BCUT2D eigenvalue weighted by Crippen LogP contribution is 2.39. The Bertz CT molecular complexity index is 1080. The van der Waals surface area contributed by atoms with E-state index in [0.29, 0.717) is 27.9 Å². The van der Waals surface area contributed by atoms with E-state index in [-0.39, 0.29) is 6.42 Å². The molecular formula is C22H21ClN2O5. The minimum atomic E-state index is -1.38. The highest BCUT2D eigenvalue weighted by atomic mass is 35.5. The second-order valence-electron chi connectivity index (χ2n) is 7.20. The normalized spacial score (nSPS) is 11.2. The van der Waals surface area contributed by atoms with Gasteiger partial charge in [0.2, 0.25) is 11.8 Å². The number of methoxy groups -OCH3 is 1. The van der Waals surface area contributed by atoms with Gasteiger partial charge in [0.25, 0.3) is 0 Å². The molecule has 0 saturated carbocycles. The van der Waals surface area contributed by atoms with Gasteiger partial charge in [-0.15, -0.1) is 0 Å². The van der Waals surface area contributed by atoms with Gasteiger partial charge in [-0.3, -0.25) is 4.79 Å². The molecule has 7 nitrogen and oxygen atoms in total. The van der Waals surface area contributed by atoms with Crippen LogP contribution in [0.25, 0.3) is 22.6 Å². The third-order valence-corrected chi connectivity index (χ3v) is 4.78. The zero-order chi connectivity index (χ0) is 21.9. The molecule has 0 unspecified atom stereocenters. The summed E-state index contributed by atoms with van der Waals surface area (Å²) in [7, 11) is 1.52. The van der Waals surface area contributed by atoms with Crippen molar-refractivity contribution < 1.29 is 23.8 Å². The van der Waals surface area contributed by atoms with Crippen molar-refractivity contribution in [3.63, 3.8) is 0 Å². The number of benzene rings is 2. The van der Waals surface area contributed by atoms with Crippen molar-refractivity contribution in [3.8, 4) is 28.3 Å². The molecule has 0 aliphatic carbocycles. The number of nitrogens with zero attached hydrogens (tertiary/aromatic N) is 1. The van der Waals surface area contributed by atoms with Crippen molar-refractivity contribution in [3.05, 3.63) is 59.4 Å². The van der Waals surface area contributed by atoms with Crippen LogP contribution in [0.5, 0.6) is 5.75 Å². The lowest BCUT2D eigenvalue weighted by molar-refractivity contribution is -0.145. The number of nitrogens with one attached hydrogen (secondary N) is 1. The zero-order valence-electron chi connectivity index (χ0n) is 16.7. The number of rotatable bonds is 7. The van der Waals surface area contributed by atoms with Crippen LogP contribution in [-0.4, -0.2) is 34.6 Å². The van der Waals surface area contributed by atoms with Crippen molar-refractivity contribution in [1.29, 1.82) is 0 Å². The van der Waals surface area contributed by atoms with Gasteiger partial charge in [-0.05, 0) is 37.1 Å². The summed E-state index contributed by atoms with van der Waals surface area (Å²) in [5.41, 5.74) is 1.36. The molecule has 0 atom stereocenters. The smallest absolute Gasteiger partial charge is 0.328 e. The number of aliphatic carboxylic acids is 1. The predicted octanol–water partition coefficient (Wildman–Crippen LogP) is 4.19. The zero-order valence-corrected chi connectivity index (χ0v) is 17.5. The Kier molecular flexibility index (Phi) is 6.12. The van der Waals surface area contributed by atoms with E-state index in [4.69, 9.17) is 25.9 Å². The molecule has 0 bridgehead atoms. The maximum Gasteiger partial charge on any atom is 0.328 e. The van der Waals surface area contributed by atoms with Gasteiger partial charge in [0, 0.05) is 5.56 Å². The molecule has 0 fully saturated rings. The molecule has 0 spiro atoms. The van der Waals surface area contributed by atoms with E-state index in [0.717, 1.165) is 11.1 Å². The van der Waals surface area contributed by atoms with Gasteiger partial charge in [0.1, 0.15) is 17.6 Å². The first kappa shape index (κ1) is 21.4. The standard InChI is InChI=1S/C22H21ClN2O5/c1-22(2,21(27)28)25-19(26)9-14-12-30-20(24-14)16-11-18(29-3)17(23)10-15(16)13-7-5-4-6-8-13/h4-8,10-12H,9H2,1-3H3,(H,25,26)(H,27,28). The molecule has 0 aliphatic heterocycles. The number of carbonyl (C=O) groups is 2. The van der Waals surface area contributed by atoms with Gasteiger partial charge in [-0.2, -0.15) is 0 Å². The molecule has 3 rings (SSSR count). The lowest BCUT2D eigenvalue weighted by Gasteiger charge is -2.20. The number of amides is 1. The lowest BCUT2D eigenvalue weighted by Crippen LogP contribution is -2.50. The lowest BCUT2D eigenvalue weighted by atomic mass is 9.99. The molecule has 2 aromatic carbocycles. The molecule has 1 aromatic heterocycles. The molecule has 156 valence electrons. The summed E-state index contributed by atoms with van der Waals surface area (Å²) in [6, 6.07) is 13.1. The third kappa shape index (κ3) is 4.63. The average Bonchev–Trinajstić information content (AvgIpc) is 3.16. The van der Waals surface area contributed by atoms with Crippen molar-refractivity contribution >= 4 is 23.5 Å². The summed E-state index contributed by atoms with van der Waals surface area (Å²) in [6.07, 6.45) is 1.25. The van der Waals surface area contributed by atoms with Crippen LogP contribution in [0.2, 0.25) is 5.02 Å². The van der Waals surface area contributed by atoms with E-state index in [9.17, 15) is 9.59 Å². The van der Waals surface area contributed by atoms with Crippen molar-refractivity contribution in [2.24, 2.45) is 0 Å².